The van der Waals surface area contributed by atoms with Crippen molar-refractivity contribution < 1.29 is 4.39 Å². The van der Waals surface area contributed by atoms with Gasteiger partial charge >= 0.3 is 0 Å². The van der Waals surface area contributed by atoms with Crippen LogP contribution in [0.4, 0.5) is 10.1 Å². The number of hydrogen-bond acceptors (Lipinski definition) is 1. The first-order valence-electron chi connectivity index (χ1n) is 6.75. The molecule has 0 saturated heterocycles. The van der Waals surface area contributed by atoms with Crippen molar-refractivity contribution in [3.63, 3.8) is 0 Å². The van der Waals surface area contributed by atoms with E-state index in [0.29, 0.717) is 10.6 Å². The average molecular weight is 270 g/mol. The zero-order valence-corrected chi connectivity index (χ0v) is 11.9. The fourth-order valence-corrected chi connectivity index (χ4v) is 2.80. The highest BCUT2D eigenvalue weighted by atomic mass is 35.5. The molecule has 0 amide bonds. The molecule has 1 aromatic rings. The van der Waals surface area contributed by atoms with E-state index < -0.39 is 0 Å². The second kappa shape index (κ2) is 5.92. The molecule has 1 nitrogen and oxygen atoms in total. The minimum Gasteiger partial charge on any atom is -0.384 e. The predicted octanol–water partition coefficient (Wildman–Crippen LogP) is 5.03. The molecule has 2 rings (SSSR count). The predicted molar refractivity (Wildman–Crippen MR) is 75.8 cm³/mol. The van der Waals surface area contributed by atoms with Gasteiger partial charge in [-0.2, -0.15) is 0 Å². The maximum absolute atomic E-state index is 13.3. The Morgan fingerprint density at radius 2 is 1.94 bits per heavy atom. The second-order valence-electron chi connectivity index (χ2n) is 5.59. The number of nitrogens with one attached hydrogen (secondary N) is 1. The maximum atomic E-state index is 13.3. The topological polar surface area (TPSA) is 12.0 Å². The fourth-order valence-electron chi connectivity index (χ4n) is 2.58. The van der Waals surface area contributed by atoms with Crippen LogP contribution in [0.25, 0.3) is 0 Å². The van der Waals surface area contributed by atoms with Crippen molar-refractivity contribution in [1.82, 2.24) is 0 Å². The summed E-state index contributed by atoms with van der Waals surface area (Å²) in [7, 11) is 0. The third-order valence-corrected chi connectivity index (χ3v) is 4.28. The van der Waals surface area contributed by atoms with Crippen LogP contribution in [0, 0.1) is 24.6 Å². The summed E-state index contributed by atoms with van der Waals surface area (Å²) in [5, 5.41) is 3.84. The molecule has 0 spiro atoms. The zero-order chi connectivity index (χ0) is 13.1. The molecule has 1 aliphatic rings. The molecule has 18 heavy (non-hydrogen) atoms. The van der Waals surface area contributed by atoms with E-state index in [2.05, 4.69) is 12.2 Å². The summed E-state index contributed by atoms with van der Waals surface area (Å²) in [6, 6.07) is 3.19. The van der Waals surface area contributed by atoms with Crippen LogP contribution in [0.5, 0.6) is 0 Å². The second-order valence-corrected chi connectivity index (χ2v) is 6.00. The highest BCUT2D eigenvalue weighted by Gasteiger charge is 2.18. The minimum atomic E-state index is -0.239. The molecule has 0 heterocycles. The van der Waals surface area contributed by atoms with Gasteiger partial charge in [0.05, 0.1) is 10.7 Å². The van der Waals surface area contributed by atoms with Crippen LogP contribution in [0.15, 0.2) is 12.1 Å². The van der Waals surface area contributed by atoms with Crippen LogP contribution in [-0.4, -0.2) is 6.54 Å². The van der Waals surface area contributed by atoms with Crippen LogP contribution in [0.2, 0.25) is 5.02 Å². The van der Waals surface area contributed by atoms with Gasteiger partial charge in [-0.15, -0.1) is 0 Å². The van der Waals surface area contributed by atoms with E-state index >= 15 is 0 Å². The van der Waals surface area contributed by atoms with E-state index in [1.165, 1.54) is 31.7 Å². The lowest BCUT2D eigenvalue weighted by Crippen LogP contribution is -2.20. The van der Waals surface area contributed by atoms with E-state index in [1.807, 2.05) is 0 Å². The Morgan fingerprint density at radius 1 is 1.28 bits per heavy atom. The molecule has 3 heteroatoms. The SMILES string of the molecule is Cc1cc(NCC2CCC(C)CC2)c(Cl)cc1F. The fraction of sp³-hybridized carbons (Fsp3) is 0.600. The zero-order valence-electron chi connectivity index (χ0n) is 11.1. The molecule has 0 atom stereocenters. The van der Waals surface area contributed by atoms with Crippen molar-refractivity contribution in [2.24, 2.45) is 11.8 Å². The maximum Gasteiger partial charge on any atom is 0.127 e. The first-order valence-corrected chi connectivity index (χ1v) is 7.13. The van der Waals surface area contributed by atoms with E-state index in [4.69, 9.17) is 11.6 Å². The van der Waals surface area contributed by atoms with Crippen LogP contribution in [0.1, 0.15) is 38.2 Å². The molecular weight excluding hydrogens is 249 g/mol. The van der Waals surface area contributed by atoms with Gasteiger partial charge < -0.3 is 5.32 Å². The normalized spacial score (nSPS) is 24.0. The van der Waals surface area contributed by atoms with Crippen molar-refractivity contribution in [2.75, 3.05) is 11.9 Å². The lowest BCUT2D eigenvalue weighted by atomic mass is 9.83. The standard InChI is InChI=1S/C15H21ClFN/c1-10-3-5-12(6-4-10)9-18-15-7-11(2)14(17)8-13(15)16/h7-8,10,12,18H,3-6,9H2,1-2H3. The molecule has 1 saturated carbocycles. The highest BCUT2D eigenvalue weighted by molar-refractivity contribution is 6.33. The lowest BCUT2D eigenvalue weighted by molar-refractivity contribution is 0.300. The largest absolute Gasteiger partial charge is 0.384 e. The number of hydrogen-bond donors (Lipinski definition) is 1. The summed E-state index contributed by atoms with van der Waals surface area (Å²) in [5.41, 5.74) is 1.49. The Bertz CT molecular complexity index is 411. The Labute approximate surface area is 114 Å². The van der Waals surface area contributed by atoms with Gasteiger partial charge in [0.1, 0.15) is 5.82 Å². The van der Waals surface area contributed by atoms with Crippen LogP contribution < -0.4 is 5.32 Å². The summed E-state index contributed by atoms with van der Waals surface area (Å²) in [5.74, 6) is 1.36. The van der Waals surface area contributed by atoms with E-state index in [1.54, 1.807) is 13.0 Å². The number of aryl methyl sites for hydroxylation is 1. The lowest BCUT2D eigenvalue weighted by Gasteiger charge is -2.26. The van der Waals surface area contributed by atoms with Gasteiger partial charge in [0.25, 0.3) is 0 Å². The highest BCUT2D eigenvalue weighted by Crippen LogP contribution is 2.30. The summed E-state index contributed by atoms with van der Waals surface area (Å²) in [4.78, 5) is 0. The molecule has 1 N–H and O–H groups in total. The van der Waals surface area contributed by atoms with Crippen molar-refractivity contribution in [2.45, 2.75) is 39.5 Å². The third kappa shape index (κ3) is 3.38. The summed E-state index contributed by atoms with van der Waals surface area (Å²) < 4.78 is 13.3. The Morgan fingerprint density at radius 3 is 2.61 bits per heavy atom. The first kappa shape index (κ1) is 13.7. The quantitative estimate of drug-likeness (QED) is 0.812. The Kier molecular flexibility index (Phi) is 4.50. The van der Waals surface area contributed by atoms with E-state index in [0.717, 1.165) is 24.1 Å². The van der Waals surface area contributed by atoms with Crippen LogP contribution in [0.3, 0.4) is 0 Å². The number of halogens is 2. The smallest absolute Gasteiger partial charge is 0.127 e. The van der Waals surface area contributed by atoms with Gasteiger partial charge in [0.2, 0.25) is 0 Å². The van der Waals surface area contributed by atoms with Gasteiger partial charge in [0, 0.05) is 6.54 Å². The molecule has 1 aliphatic carbocycles. The van der Waals surface area contributed by atoms with Crippen molar-refractivity contribution in [3.8, 4) is 0 Å². The van der Waals surface area contributed by atoms with Crippen molar-refractivity contribution in [3.05, 3.63) is 28.5 Å². The van der Waals surface area contributed by atoms with Crippen molar-refractivity contribution in [1.29, 1.82) is 0 Å². The minimum absolute atomic E-state index is 0.239. The average Bonchev–Trinajstić information content (AvgIpc) is 2.34. The monoisotopic (exact) mass is 269 g/mol. The summed E-state index contributed by atoms with van der Waals surface area (Å²) >= 11 is 6.04. The molecule has 100 valence electrons. The molecular formula is C15H21ClFN. The third-order valence-electron chi connectivity index (χ3n) is 3.96. The summed E-state index contributed by atoms with van der Waals surface area (Å²) in [6.45, 7) is 5.03. The van der Waals surface area contributed by atoms with Gasteiger partial charge in [0.15, 0.2) is 0 Å². The van der Waals surface area contributed by atoms with Gasteiger partial charge in [-0.05, 0) is 49.3 Å². The van der Waals surface area contributed by atoms with Gasteiger partial charge in [-0.3, -0.25) is 0 Å². The molecule has 0 unspecified atom stereocenters. The van der Waals surface area contributed by atoms with E-state index in [-0.39, 0.29) is 5.82 Å². The van der Waals surface area contributed by atoms with Gasteiger partial charge in [-0.25, -0.2) is 4.39 Å². The van der Waals surface area contributed by atoms with Crippen LogP contribution >= 0.6 is 11.6 Å². The molecule has 1 fully saturated rings. The number of benzene rings is 1. The molecule has 0 aromatic heterocycles. The van der Waals surface area contributed by atoms with Crippen molar-refractivity contribution >= 4 is 17.3 Å². The van der Waals surface area contributed by atoms with E-state index in [9.17, 15) is 4.39 Å². The van der Waals surface area contributed by atoms with Gasteiger partial charge in [-0.1, -0.05) is 31.4 Å². The Balaban J connectivity index is 1.92. The number of anilines is 1. The Hall–Kier alpha value is -0.760. The molecule has 0 aliphatic heterocycles. The first-order chi connectivity index (χ1) is 8.56. The molecule has 0 bridgehead atoms. The summed E-state index contributed by atoms with van der Waals surface area (Å²) in [6.07, 6.45) is 5.21. The molecule has 1 aromatic carbocycles. The molecule has 0 radical (unpaired) electrons. The number of rotatable bonds is 3. The van der Waals surface area contributed by atoms with Crippen LogP contribution in [-0.2, 0) is 0 Å².